The molecule has 0 radical (unpaired) electrons. The van der Waals surface area contributed by atoms with Gasteiger partial charge in [0.25, 0.3) is 5.91 Å². The standard InChI is InChI=1S/C18H17F2NO3S/c1-23-12-4-6-14(16(10-12)24-2)17(22)21-7-8-25-18(21)13-5-3-11(19)9-15(13)20/h3-6,9-10,18H,7-8H2,1-2H3/t18-/m1/s1. The summed E-state index contributed by atoms with van der Waals surface area (Å²) in [7, 11) is 3.00. The molecule has 1 aliphatic heterocycles. The second kappa shape index (κ2) is 7.31. The molecule has 3 rings (SSSR count). The summed E-state index contributed by atoms with van der Waals surface area (Å²) in [5.41, 5.74) is 0.669. The third-order valence-corrected chi connectivity index (χ3v) is 5.26. The van der Waals surface area contributed by atoms with Crippen LogP contribution >= 0.6 is 11.8 Å². The number of nitrogens with zero attached hydrogens (tertiary/aromatic N) is 1. The Labute approximate surface area is 148 Å². The lowest BCUT2D eigenvalue weighted by atomic mass is 10.1. The van der Waals surface area contributed by atoms with E-state index in [1.165, 1.54) is 38.1 Å². The first kappa shape index (κ1) is 17.5. The summed E-state index contributed by atoms with van der Waals surface area (Å²) in [5, 5.41) is -0.500. The zero-order valence-electron chi connectivity index (χ0n) is 13.8. The van der Waals surface area contributed by atoms with Crippen LogP contribution in [0.1, 0.15) is 21.3 Å². The first-order valence-corrected chi connectivity index (χ1v) is 8.69. The average molecular weight is 365 g/mol. The van der Waals surface area contributed by atoms with E-state index in [1.54, 1.807) is 23.1 Å². The molecule has 0 unspecified atom stereocenters. The first-order chi connectivity index (χ1) is 12.0. The SMILES string of the molecule is COc1ccc(C(=O)N2CCS[C@@H]2c2ccc(F)cc2F)c(OC)c1. The topological polar surface area (TPSA) is 38.8 Å². The summed E-state index contributed by atoms with van der Waals surface area (Å²) < 4.78 is 37.8. The molecule has 132 valence electrons. The highest BCUT2D eigenvalue weighted by Crippen LogP contribution is 2.41. The lowest BCUT2D eigenvalue weighted by Gasteiger charge is -2.25. The molecule has 0 bridgehead atoms. The molecule has 25 heavy (non-hydrogen) atoms. The summed E-state index contributed by atoms with van der Waals surface area (Å²) in [4.78, 5) is 14.6. The molecule has 7 heteroatoms. The number of rotatable bonds is 4. The molecule has 1 amide bonds. The Morgan fingerprint density at radius 2 is 1.96 bits per heavy atom. The van der Waals surface area contributed by atoms with E-state index in [0.717, 1.165) is 6.07 Å². The molecule has 2 aromatic rings. The van der Waals surface area contributed by atoms with Gasteiger partial charge in [-0.15, -0.1) is 11.8 Å². The van der Waals surface area contributed by atoms with Crippen LogP contribution < -0.4 is 9.47 Å². The number of hydrogen-bond donors (Lipinski definition) is 0. The van der Waals surface area contributed by atoms with Crippen LogP contribution in [0, 0.1) is 11.6 Å². The van der Waals surface area contributed by atoms with Crippen LogP contribution in [-0.4, -0.2) is 37.3 Å². The van der Waals surface area contributed by atoms with Gasteiger partial charge in [-0.05, 0) is 18.2 Å². The van der Waals surface area contributed by atoms with E-state index in [9.17, 15) is 13.6 Å². The van der Waals surface area contributed by atoms with Crippen LogP contribution in [0.3, 0.4) is 0 Å². The fourth-order valence-corrected chi connectivity index (χ4v) is 4.04. The number of hydrogen-bond acceptors (Lipinski definition) is 4. The molecule has 0 aliphatic carbocycles. The van der Waals surface area contributed by atoms with Gasteiger partial charge in [0, 0.05) is 30.0 Å². The van der Waals surface area contributed by atoms with Gasteiger partial charge in [-0.1, -0.05) is 6.07 Å². The number of halogens is 2. The van der Waals surface area contributed by atoms with Crippen LogP contribution in [0.5, 0.6) is 11.5 Å². The van der Waals surface area contributed by atoms with E-state index in [4.69, 9.17) is 9.47 Å². The summed E-state index contributed by atoms with van der Waals surface area (Å²) in [6, 6.07) is 8.36. The van der Waals surface area contributed by atoms with Crippen molar-refractivity contribution in [2.75, 3.05) is 26.5 Å². The third kappa shape index (κ3) is 3.42. The molecule has 0 spiro atoms. The molecular weight excluding hydrogens is 348 g/mol. The van der Waals surface area contributed by atoms with Gasteiger partial charge < -0.3 is 14.4 Å². The van der Waals surface area contributed by atoms with Crippen molar-refractivity contribution in [3.8, 4) is 11.5 Å². The van der Waals surface area contributed by atoms with E-state index in [2.05, 4.69) is 0 Å². The summed E-state index contributed by atoms with van der Waals surface area (Å²) in [6.07, 6.45) is 0. The van der Waals surface area contributed by atoms with E-state index >= 15 is 0 Å². The van der Waals surface area contributed by atoms with Crippen LogP contribution in [0.15, 0.2) is 36.4 Å². The van der Waals surface area contributed by atoms with Crippen LogP contribution in [-0.2, 0) is 0 Å². The van der Waals surface area contributed by atoms with Crippen LogP contribution in [0.2, 0.25) is 0 Å². The fraction of sp³-hybridized carbons (Fsp3) is 0.278. The molecule has 0 aromatic heterocycles. The fourth-order valence-electron chi connectivity index (χ4n) is 2.77. The minimum absolute atomic E-state index is 0.266. The monoisotopic (exact) mass is 365 g/mol. The Hall–Kier alpha value is -2.28. The van der Waals surface area contributed by atoms with Gasteiger partial charge in [0.15, 0.2) is 0 Å². The van der Waals surface area contributed by atoms with Gasteiger partial charge in [-0.2, -0.15) is 0 Å². The summed E-state index contributed by atoms with van der Waals surface area (Å²) in [6.45, 7) is 0.472. The van der Waals surface area contributed by atoms with Gasteiger partial charge in [0.05, 0.1) is 19.8 Å². The van der Waals surface area contributed by atoms with E-state index in [0.29, 0.717) is 34.9 Å². The van der Waals surface area contributed by atoms with Gasteiger partial charge in [0.1, 0.15) is 28.5 Å². The second-order valence-corrected chi connectivity index (χ2v) is 6.64. The Balaban J connectivity index is 1.93. The largest absolute Gasteiger partial charge is 0.497 e. The molecule has 0 saturated carbocycles. The van der Waals surface area contributed by atoms with E-state index in [1.807, 2.05) is 0 Å². The summed E-state index contributed by atoms with van der Waals surface area (Å²) >= 11 is 1.44. The van der Waals surface area contributed by atoms with Gasteiger partial charge >= 0.3 is 0 Å². The van der Waals surface area contributed by atoms with Crippen molar-refractivity contribution in [1.82, 2.24) is 4.90 Å². The molecule has 1 atom stereocenters. The molecular formula is C18H17F2NO3S. The summed E-state index contributed by atoms with van der Waals surface area (Å²) in [5.74, 6) is 0.0760. The number of ether oxygens (including phenoxy) is 2. The van der Waals surface area contributed by atoms with Crippen LogP contribution in [0.25, 0.3) is 0 Å². The van der Waals surface area contributed by atoms with Crippen molar-refractivity contribution in [3.05, 3.63) is 59.2 Å². The maximum Gasteiger partial charge on any atom is 0.258 e. The van der Waals surface area contributed by atoms with Gasteiger partial charge in [-0.25, -0.2) is 8.78 Å². The number of benzene rings is 2. The lowest BCUT2D eigenvalue weighted by Crippen LogP contribution is -2.31. The Morgan fingerprint density at radius 3 is 2.64 bits per heavy atom. The lowest BCUT2D eigenvalue weighted by molar-refractivity contribution is 0.0755. The van der Waals surface area contributed by atoms with Crippen molar-refractivity contribution in [3.63, 3.8) is 0 Å². The second-order valence-electron chi connectivity index (χ2n) is 5.45. The number of methoxy groups -OCH3 is 2. The minimum atomic E-state index is -0.654. The molecule has 1 heterocycles. The maximum atomic E-state index is 14.2. The zero-order valence-corrected chi connectivity index (χ0v) is 14.6. The minimum Gasteiger partial charge on any atom is -0.497 e. The highest BCUT2D eigenvalue weighted by Gasteiger charge is 2.34. The molecule has 2 aromatic carbocycles. The quantitative estimate of drug-likeness (QED) is 0.825. The number of thioether (sulfide) groups is 1. The van der Waals surface area contributed by atoms with E-state index < -0.39 is 17.0 Å². The third-order valence-electron chi connectivity index (χ3n) is 4.02. The Bertz CT molecular complexity index is 800. The predicted molar refractivity (Wildman–Crippen MR) is 92.1 cm³/mol. The molecule has 1 fully saturated rings. The smallest absolute Gasteiger partial charge is 0.258 e. The number of carbonyl (C=O) groups is 1. The zero-order chi connectivity index (χ0) is 18.0. The van der Waals surface area contributed by atoms with Gasteiger partial charge in [0.2, 0.25) is 0 Å². The Morgan fingerprint density at radius 1 is 1.16 bits per heavy atom. The number of carbonyl (C=O) groups excluding carboxylic acids is 1. The molecule has 1 aliphatic rings. The maximum absolute atomic E-state index is 14.2. The average Bonchev–Trinajstić information content (AvgIpc) is 3.09. The normalized spacial score (nSPS) is 16.8. The predicted octanol–water partition coefficient (Wildman–Crippen LogP) is 3.87. The van der Waals surface area contributed by atoms with Crippen molar-refractivity contribution < 1.29 is 23.0 Å². The van der Waals surface area contributed by atoms with Crippen molar-refractivity contribution in [2.24, 2.45) is 0 Å². The van der Waals surface area contributed by atoms with Gasteiger partial charge in [-0.3, -0.25) is 4.79 Å². The van der Waals surface area contributed by atoms with Crippen LogP contribution in [0.4, 0.5) is 8.78 Å². The first-order valence-electron chi connectivity index (χ1n) is 7.64. The highest BCUT2D eigenvalue weighted by atomic mass is 32.2. The highest BCUT2D eigenvalue weighted by molar-refractivity contribution is 7.99. The molecule has 1 saturated heterocycles. The molecule has 0 N–H and O–H groups in total. The number of amides is 1. The van der Waals surface area contributed by atoms with E-state index in [-0.39, 0.29) is 5.91 Å². The van der Waals surface area contributed by atoms with Crippen molar-refractivity contribution >= 4 is 17.7 Å². The molecule has 4 nitrogen and oxygen atoms in total. The van der Waals surface area contributed by atoms with Crippen molar-refractivity contribution in [1.29, 1.82) is 0 Å². The van der Waals surface area contributed by atoms with Crippen molar-refractivity contribution in [2.45, 2.75) is 5.37 Å². The Kier molecular flexibility index (Phi) is 5.13.